The Morgan fingerprint density at radius 3 is 2.53 bits per heavy atom. The summed E-state index contributed by atoms with van der Waals surface area (Å²) in [5.41, 5.74) is 2.19. The Balaban J connectivity index is 1.31. The molecule has 1 aromatic heterocycles. The number of rotatable bonds is 10. The number of anilines is 1. The number of ether oxygens (including phenoxy) is 1. The minimum absolute atomic E-state index is 0.0738. The van der Waals surface area contributed by atoms with Gasteiger partial charge >= 0.3 is 6.03 Å². The monoisotopic (exact) mass is 594 g/mol. The lowest BCUT2D eigenvalue weighted by Gasteiger charge is -2.23. The van der Waals surface area contributed by atoms with Crippen LogP contribution in [-0.4, -0.2) is 56.2 Å². The van der Waals surface area contributed by atoms with Crippen molar-refractivity contribution in [2.45, 2.75) is 24.8 Å². The number of methoxy groups -OCH3 is 1. The summed E-state index contributed by atoms with van der Waals surface area (Å²) < 4.78 is 5.27. The van der Waals surface area contributed by atoms with Gasteiger partial charge in [-0.15, -0.1) is 11.3 Å². The number of carbonyl (C=O) groups is 2. The van der Waals surface area contributed by atoms with Crippen LogP contribution in [0.15, 0.2) is 53.2 Å². The molecule has 0 aliphatic carbocycles. The molecule has 0 saturated carbocycles. The molecule has 1 aliphatic rings. The maximum atomic E-state index is 12.7. The van der Waals surface area contributed by atoms with Gasteiger partial charge in [-0.2, -0.15) is 0 Å². The van der Waals surface area contributed by atoms with Crippen LogP contribution < -0.4 is 20.7 Å². The van der Waals surface area contributed by atoms with Crippen molar-refractivity contribution in [3.63, 3.8) is 0 Å². The van der Waals surface area contributed by atoms with Crippen LogP contribution in [0.1, 0.15) is 34.7 Å². The molecule has 11 heteroatoms. The third kappa shape index (κ3) is 8.01. The second-order valence-corrected chi connectivity index (χ2v) is 11.2. The molecule has 0 radical (unpaired) electrons. The quantitative estimate of drug-likeness (QED) is 0.249. The first-order valence-electron chi connectivity index (χ1n) is 12.2. The highest BCUT2D eigenvalue weighted by molar-refractivity contribution is 7.08. The third-order valence-electron chi connectivity index (χ3n) is 6.46. The van der Waals surface area contributed by atoms with E-state index < -0.39 is 0 Å². The molecule has 1 saturated heterocycles. The maximum absolute atomic E-state index is 12.7. The molecule has 38 heavy (non-hydrogen) atoms. The topological polar surface area (TPSA) is 82.7 Å². The number of halogens is 3. The van der Waals surface area contributed by atoms with Crippen LogP contribution in [0, 0.1) is 0 Å². The summed E-state index contributed by atoms with van der Waals surface area (Å²) in [5.74, 6) is 0.568. The lowest BCUT2D eigenvalue weighted by atomic mass is 9.95. The number of carbonyl (C=O) groups excluding carboxylic acids is 2. The van der Waals surface area contributed by atoms with Crippen molar-refractivity contribution in [2.75, 3.05) is 38.6 Å². The van der Waals surface area contributed by atoms with E-state index in [0.717, 1.165) is 38.0 Å². The number of nitrogens with one attached hydrogen (secondary N) is 3. The van der Waals surface area contributed by atoms with Gasteiger partial charge < -0.3 is 25.6 Å². The first-order chi connectivity index (χ1) is 18.3. The van der Waals surface area contributed by atoms with E-state index in [0.29, 0.717) is 38.6 Å². The van der Waals surface area contributed by atoms with Crippen molar-refractivity contribution in [1.29, 1.82) is 0 Å². The summed E-state index contributed by atoms with van der Waals surface area (Å²) in [6, 6.07) is 12.3. The summed E-state index contributed by atoms with van der Waals surface area (Å²) in [6.07, 6.45) is 1.70. The number of thiophene rings is 1. The zero-order valence-corrected chi connectivity index (χ0v) is 23.9. The number of amides is 3. The fourth-order valence-corrected chi connectivity index (χ4v) is 5.93. The van der Waals surface area contributed by atoms with Gasteiger partial charge in [-0.3, -0.25) is 4.79 Å². The average Bonchev–Trinajstić information content (AvgIpc) is 3.53. The molecule has 1 aliphatic heterocycles. The number of nitrogens with zero attached hydrogens (tertiary/aromatic N) is 1. The van der Waals surface area contributed by atoms with Crippen molar-refractivity contribution in [3.05, 3.63) is 79.4 Å². The predicted octanol–water partition coefficient (Wildman–Crippen LogP) is 6.52. The Kier molecular flexibility index (Phi) is 10.2. The number of urea groups is 1. The number of hydrogen-bond acceptors (Lipinski definition) is 5. The summed E-state index contributed by atoms with van der Waals surface area (Å²) >= 11 is 19.6. The van der Waals surface area contributed by atoms with Crippen molar-refractivity contribution in [1.82, 2.24) is 15.5 Å². The SMILES string of the molecule is COc1cscc1C(=O)NC1CCN(CCC(CNC(=O)Nc2cc(Cl)cc(Cl)c2)c2ccc(Cl)cc2)C1. The normalized spacial score (nSPS) is 16.2. The molecule has 202 valence electrons. The Morgan fingerprint density at radius 1 is 1.08 bits per heavy atom. The summed E-state index contributed by atoms with van der Waals surface area (Å²) in [6.45, 7) is 2.93. The molecule has 3 N–H and O–H groups in total. The van der Waals surface area contributed by atoms with Gasteiger partial charge in [0.15, 0.2) is 0 Å². The molecule has 0 spiro atoms. The van der Waals surface area contributed by atoms with Gasteiger partial charge in [0, 0.05) is 63.1 Å². The highest BCUT2D eigenvalue weighted by Gasteiger charge is 2.26. The average molecular weight is 596 g/mol. The van der Waals surface area contributed by atoms with Crippen molar-refractivity contribution in [2.24, 2.45) is 0 Å². The molecule has 2 aromatic carbocycles. The van der Waals surface area contributed by atoms with Gasteiger partial charge in [-0.05, 0) is 55.3 Å². The lowest BCUT2D eigenvalue weighted by Crippen LogP contribution is -2.37. The van der Waals surface area contributed by atoms with Crippen molar-refractivity contribution < 1.29 is 14.3 Å². The van der Waals surface area contributed by atoms with Crippen LogP contribution in [-0.2, 0) is 0 Å². The first kappa shape index (κ1) is 28.5. The number of benzene rings is 2. The molecule has 2 heterocycles. The zero-order chi connectivity index (χ0) is 27.1. The van der Waals surface area contributed by atoms with Crippen LogP contribution in [0.3, 0.4) is 0 Å². The first-order valence-corrected chi connectivity index (χ1v) is 14.3. The fraction of sp³-hybridized carbons (Fsp3) is 0.333. The van der Waals surface area contributed by atoms with Gasteiger partial charge in [-0.25, -0.2) is 4.79 Å². The molecule has 3 amide bonds. The Labute approximate surface area is 241 Å². The molecule has 2 unspecified atom stereocenters. The van der Waals surface area contributed by atoms with Gasteiger partial charge in [0.1, 0.15) is 5.75 Å². The minimum atomic E-state index is -0.338. The van der Waals surface area contributed by atoms with E-state index in [-0.39, 0.29) is 23.9 Å². The van der Waals surface area contributed by atoms with Gasteiger partial charge in [0.05, 0.1) is 12.7 Å². The molecular formula is C27H29Cl3N4O3S. The van der Waals surface area contributed by atoms with E-state index in [9.17, 15) is 9.59 Å². The second-order valence-electron chi connectivity index (χ2n) is 9.14. The Morgan fingerprint density at radius 2 is 1.82 bits per heavy atom. The van der Waals surface area contributed by atoms with E-state index in [1.54, 1.807) is 25.3 Å². The Bertz CT molecular complexity index is 1230. The van der Waals surface area contributed by atoms with E-state index in [2.05, 4.69) is 20.9 Å². The second kappa shape index (κ2) is 13.5. The van der Waals surface area contributed by atoms with Gasteiger partial charge in [-0.1, -0.05) is 46.9 Å². The van der Waals surface area contributed by atoms with Crippen LogP contribution in [0.5, 0.6) is 5.75 Å². The molecule has 2 atom stereocenters. The zero-order valence-electron chi connectivity index (χ0n) is 20.8. The van der Waals surface area contributed by atoms with E-state index >= 15 is 0 Å². The van der Waals surface area contributed by atoms with E-state index in [1.807, 2.05) is 35.0 Å². The fourth-order valence-electron chi connectivity index (χ4n) is 4.50. The molecule has 4 rings (SSSR count). The largest absolute Gasteiger partial charge is 0.495 e. The molecule has 7 nitrogen and oxygen atoms in total. The highest BCUT2D eigenvalue weighted by atomic mass is 35.5. The highest BCUT2D eigenvalue weighted by Crippen LogP contribution is 2.26. The molecule has 1 fully saturated rings. The van der Waals surface area contributed by atoms with E-state index in [1.165, 1.54) is 11.3 Å². The predicted molar refractivity (Wildman–Crippen MR) is 155 cm³/mol. The van der Waals surface area contributed by atoms with Crippen LogP contribution in [0.2, 0.25) is 15.1 Å². The summed E-state index contributed by atoms with van der Waals surface area (Å²) in [7, 11) is 1.57. The Hall–Kier alpha value is -2.49. The minimum Gasteiger partial charge on any atom is -0.495 e. The van der Waals surface area contributed by atoms with E-state index in [4.69, 9.17) is 39.5 Å². The number of likely N-dealkylation sites (tertiary alicyclic amines) is 1. The molecule has 3 aromatic rings. The van der Waals surface area contributed by atoms with Crippen LogP contribution in [0.25, 0.3) is 0 Å². The third-order valence-corrected chi connectivity index (χ3v) is 7.87. The van der Waals surface area contributed by atoms with Crippen molar-refractivity contribution in [3.8, 4) is 5.75 Å². The van der Waals surface area contributed by atoms with Crippen LogP contribution >= 0.6 is 46.1 Å². The van der Waals surface area contributed by atoms with Gasteiger partial charge in [0.2, 0.25) is 0 Å². The van der Waals surface area contributed by atoms with Gasteiger partial charge in [0.25, 0.3) is 5.91 Å². The molecular weight excluding hydrogens is 567 g/mol. The standard InChI is InChI=1S/C27H29Cl3N4O3S/c1-37-25-16-38-15-24(25)26(35)32-22-7-9-34(14-22)8-6-18(17-2-4-19(28)5-3-17)13-31-27(36)33-23-11-20(29)10-21(30)12-23/h2-5,10-12,15-16,18,22H,6-9,13-14H2,1H3,(H,32,35)(H2,31,33,36). The lowest BCUT2D eigenvalue weighted by molar-refractivity contribution is 0.0935. The van der Waals surface area contributed by atoms with Crippen molar-refractivity contribution >= 4 is 63.8 Å². The summed E-state index contributed by atoms with van der Waals surface area (Å²) in [5, 5.41) is 14.1. The maximum Gasteiger partial charge on any atom is 0.319 e. The molecule has 0 bridgehead atoms. The van der Waals surface area contributed by atoms with Crippen LogP contribution in [0.4, 0.5) is 10.5 Å². The summed E-state index contributed by atoms with van der Waals surface area (Å²) in [4.78, 5) is 27.6. The number of hydrogen-bond donors (Lipinski definition) is 3. The smallest absolute Gasteiger partial charge is 0.319 e.